The second-order valence-electron chi connectivity index (χ2n) is 11.2. The Kier molecular flexibility index (Phi) is 6.08. The summed E-state index contributed by atoms with van der Waals surface area (Å²) < 4.78 is 5.41. The second kappa shape index (κ2) is 10.4. The minimum absolute atomic E-state index is 0.104. The van der Waals surface area contributed by atoms with Gasteiger partial charge in [0.1, 0.15) is 18.2 Å². The standard InChI is InChI=1S/C39H27N3S2/c1-3-11-24(12-4-1)37-40-38(25-13-5-2-6-14-25)42-39(41-37)27-16-9-15-26(23-27)28-18-10-19-31-34-33(44-35(28)31)22-21-30-29-17-7-8-20-32(29)43-36(30)34/h1-23,37,39,41H,(H,40,42). The lowest BCUT2D eigenvalue weighted by molar-refractivity contribution is 0.409. The molecule has 3 heterocycles. The summed E-state index contributed by atoms with van der Waals surface area (Å²) in [6, 6.07) is 50.0. The maximum atomic E-state index is 5.08. The zero-order valence-corrected chi connectivity index (χ0v) is 25.3. The van der Waals surface area contributed by atoms with E-state index < -0.39 is 0 Å². The van der Waals surface area contributed by atoms with Gasteiger partial charge in [0.2, 0.25) is 0 Å². The molecule has 44 heavy (non-hydrogen) atoms. The number of fused-ring (bicyclic) bond motifs is 7. The number of nitrogens with zero attached hydrogens (tertiary/aromatic N) is 1. The second-order valence-corrected chi connectivity index (χ2v) is 13.3. The number of nitrogens with one attached hydrogen (secondary N) is 2. The predicted molar refractivity (Wildman–Crippen MR) is 189 cm³/mol. The normalized spacial score (nSPS) is 16.9. The molecule has 1 aliphatic heterocycles. The molecule has 2 unspecified atom stereocenters. The van der Waals surface area contributed by atoms with E-state index >= 15 is 0 Å². The van der Waals surface area contributed by atoms with Crippen molar-refractivity contribution in [2.75, 3.05) is 0 Å². The van der Waals surface area contributed by atoms with Gasteiger partial charge in [0.05, 0.1) is 0 Å². The van der Waals surface area contributed by atoms with Crippen LogP contribution in [0.1, 0.15) is 29.0 Å². The highest BCUT2D eigenvalue weighted by Gasteiger charge is 2.26. The molecule has 0 bridgehead atoms. The van der Waals surface area contributed by atoms with Gasteiger partial charge in [0.15, 0.2) is 0 Å². The third kappa shape index (κ3) is 4.24. The van der Waals surface area contributed by atoms with Crippen LogP contribution in [-0.2, 0) is 0 Å². The van der Waals surface area contributed by atoms with Crippen molar-refractivity contribution in [3.8, 4) is 11.1 Å². The zero-order chi connectivity index (χ0) is 29.0. The van der Waals surface area contributed by atoms with Crippen LogP contribution >= 0.6 is 22.7 Å². The van der Waals surface area contributed by atoms with Crippen molar-refractivity contribution >= 4 is 68.9 Å². The van der Waals surface area contributed by atoms with E-state index in [-0.39, 0.29) is 12.3 Å². The van der Waals surface area contributed by atoms with E-state index in [0.717, 1.165) is 17.0 Å². The first-order valence-electron chi connectivity index (χ1n) is 14.9. The van der Waals surface area contributed by atoms with Gasteiger partial charge < -0.3 is 5.32 Å². The fourth-order valence-electron chi connectivity index (χ4n) is 6.46. The van der Waals surface area contributed by atoms with Gasteiger partial charge in [-0.1, -0.05) is 121 Å². The number of benzene rings is 6. The predicted octanol–water partition coefficient (Wildman–Crippen LogP) is 10.4. The van der Waals surface area contributed by atoms with Gasteiger partial charge in [-0.05, 0) is 40.5 Å². The Hall–Kier alpha value is -4.81. The highest BCUT2D eigenvalue weighted by atomic mass is 32.1. The molecule has 210 valence electrons. The molecule has 1 aliphatic rings. The lowest BCUT2D eigenvalue weighted by Crippen LogP contribution is -2.44. The lowest BCUT2D eigenvalue weighted by Gasteiger charge is -2.32. The van der Waals surface area contributed by atoms with Crippen LogP contribution < -0.4 is 10.6 Å². The van der Waals surface area contributed by atoms with E-state index in [2.05, 4.69) is 138 Å². The number of rotatable bonds is 4. The lowest BCUT2D eigenvalue weighted by atomic mass is 9.99. The molecule has 0 radical (unpaired) electrons. The Labute approximate surface area is 263 Å². The fraction of sp³-hybridized carbons (Fsp3) is 0.0513. The Bertz CT molecular complexity index is 2350. The average Bonchev–Trinajstić information content (AvgIpc) is 3.67. The molecule has 0 spiro atoms. The van der Waals surface area contributed by atoms with Crippen LogP contribution in [0.15, 0.2) is 145 Å². The Morgan fingerprint density at radius 3 is 2.11 bits per heavy atom. The number of amidine groups is 1. The summed E-state index contributed by atoms with van der Waals surface area (Å²) in [5.41, 5.74) is 5.89. The van der Waals surface area contributed by atoms with Crippen molar-refractivity contribution in [1.29, 1.82) is 0 Å². The first-order valence-corrected chi connectivity index (χ1v) is 16.5. The van der Waals surface area contributed by atoms with Crippen LogP contribution in [0, 0.1) is 0 Å². The van der Waals surface area contributed by atoms with Gasteiger partial charge in [-0.3, -0.25) is 5.32 Å². The first-order chi connectivity index (χ1) is 21.8. The summed E-state index contributed by atoms with van der Waals surface area (Å²) in [5.74, 6) is 0.896. The van der Waals surface area contributed by atoms with Crippen molar-refractivity contribution in [3.05, 3.63) is 156 Å². The molecule has 9 rings (SSSR count). The molecule has 0 saturated heterocycles. The van der Waals surface area contributed by atoms with Crippen LogP contribution in [0.25, 0.3) is 51.5 Å². The van der Waals surface area contributed by atoms with E-state index in [9.17, 15) is 0 Å². The van der Waals surface area contributed by atoms with E-state index in [0.29, 0.717) is 0 Å². The summed E-state index contributed by atoms with van der Waals surface area (Å²) >= 11 is 3.81. The largest absolute Gasteiger partial charge is 0.350 e. The molecule has 8 aromatic rings. The van der Waals surface area contributed by atoms with Crippen molar-refractivity contribution in [1.82, 2.24) is 10.6 Å². The van der Waals surface area contributed by atoms with Crippen molar-refractivity contribution in [2.45, 2.75) is 12.3 Å². The Morgan fingerprint density at radius 2 is 1.23 bits per heavy atom. The van der Waals surface area contributed by atoms with Crippen LogP contribution in [0.3, 0.4) is 0 Å². The smallest absolute Gasteiger partial charge is 0.131 e. The van der Waals surface area contributed by atoms with Gasteiger partial charge in [0.25, 0.3) is 0 Å². The number of hydrogen-bond acceptors (Lipinski definition) is 5. The summed E-state index contributed by atoms with van der Waals surface area (Å²) in [6.45, 7) is 0. The van der Waals surface area contributed by atoms with Crippen LogP contribution in [0.2, 0.25) is 0 Å². The molecule has 0 aliphatic carbocycles. The molecule has 2 aromatic heterocycles. The summed E-state index contributed by atoms with van der Waals surface area (Å²) in [7, 11) is 0. The number of aliphatic imine (C=N–C) groups is 1. The first kappa shape index (κ1) is 25.7. The van der Waals surface area contributed by atoms with Gasteiger partial charge in [-0.15, -0.1) is 22.7 Å². The maximum Gasteiger partial charge on any atom is 0.131 e. The molecule has 2 atom stereocenters. The van der Waals surface area contributed by atoms with E-state index in [1.807, 2.05) is 34.8 Å². The molecular weight excluding hydrogens is 575 g/mol. The quantitative estimate of drug-likeness (QED) is 0.211. The SMILES string of the molecule is c1ccc(C2=NC(c3ccccc3)NC(c3cccc(-c4cccc5c4sc4ccc6c7ccccc7sc6c45)c3)N2)cc1. The van der Waals surface area contributed by atoms with Crippen LogP contribution in [-0.4, -0.2) is 5.84 Å². The van der Waals surface area contributed by atoms with Crippen molar-refractivity contribution in [2.24, 2.45) is 4.99 Å². The number of thiophene rings is 2. The fourth-order valence-corrected chi connectivity index (χ4v) is 9.03. The molecule has 6 aromatic carbocycles. The average molecular weight is 602 g/mol. The van der Waals surface area contributed by atoms with Gasteiger partial charge in [-0.2, -0.15) is 0 Å². The molecule has 5 heteroatoms. The molecule has 2 N–H and O–H groups in total. The number of hydrogen-bond donors (Lipinski definition) is 2. The third-order valence-corrected chi connectivity index (χ3v) is 11.0. The molecule has 0 saturated carbocycles. The van der Waals surface area contributed by atoms with Gasteiger partial charge >= 0.3 is 0 Å². The third-order valence-electron chi connectivity index (χ3n) is 8.56. The Balaban J connectivity index is 1.15. The minimum atomic E-state index is -0.156. The van der Waals surface area contributed by atoms with E-state index in [1.165, 1.54) is 57.0 Å². The minimum Gasteiger partial charge on any atom is -0.350 e. The summed E-state index contributed by atoms with van der Waals surface area (Å²) in [4.78, 5) is 5.08. The van der Waals surface area contributed by atoms with E-state index in [4.69, 9.17) is 4.99 Å². The Morgan fingerprint density at radius 1 is 0.523 bits per heavy atom. The van der Waals surface area contributed by atoms with E-state index in [1.54, 1.807) is 0 Å². The zero-order valence-electron chi connectivity index (χ0n) is 23.7. The highest BCUT2D eigenvalue weighted by molar-refractivity contribution is 7.30. The molecule has 0 fully saturated rings. The van der Waals surface area contributed by atoms with Crippen molar-refractivity contribution in [3.63, 3.8) is 0 Å². The molecule has 0 amide bonds. The maximum absolute atomic E-state index is 5.08. The molecule has 3 nitrogen and oxygen atoms in total. The highest BCUT2D eigenvalue weighted by Crippen LogP contribution is 2.46. The van der Waals surface area contributed by atoms with Crippen LogP contribution in [0.4, 0.5) is 0 Å². The van der Waals surface area contributed by atoms with Crippen LogP contribution in [0.5, 0.6) is 0 Å². The topological polar surface area (TPSA) is 36.4 Å². The summed E-state index contributed by atoms with van der Waals surface area (Å²) in [6.07, 6.45) is -0.260. The summed E-state index contributed by atoms with van der Waals surface area (Å²) in [5, 5.41) is 12.9. The monoisotopic (exact) mass is 601 g/mol. The van der Waals surface area contributed by atoms with Gasteiger partial charge in [-0.25, -0.2) is 4.99 Å². The van der Waals surface area contributed by atoms with Gasteiger partial charge in [0, 0.05) is 45.9 Å². The molecular formula is C39H27N3S2. The van der Waals surface area contributed by atoms with Crippen molar-refractivity contribution < 1.29 is 0 Å².